The van der Waals surface area contributed by atoms with Crippen LogP contribution in [0, 0.1) is 0 Å². The molecule has 0 aromatic heterocycles. The molecule has 0 bridgehead atoms. The molecule has 0 fully saturated rings. The van der Waals surface area contributed by atoms with Crippen molar-refractivity contribution in [3.05, 3.63) is 53.6 Å². The molecule has 0 amide bonds. The molecule has 0 saturated carbocycles. The van der Waals surface area contributed by atoms with E-state index in [1.807, 2.05) is 12.1 Å². The Morgan fingerprint density at radius 1 is 1.10 bits per heavy atom. The minimum absolute atomic E-state index is 0.252. The summed E-state index contributed by atoms with van der Waals surface area (Å²) in [7, 11) is 1.58. The van der Waals surface area contributed by atoms with Gasteiger partial charge in [-0.15, -0.1) is 0 Å². The maximum absolute atomic E-state index is 10.3. The van der Waals surface area contributed by atoms with Gasteiger partial charge in [0, 0.05) is 24.3 Å². The first-order valence-electron chi connectivity index (χ1n) is 7.47. The number of para-hydroxylation sites is 2. The van der Waals surface area contributed by atoms with E-state index < -0.39 is 0 Å². The second-order valence-electron chi connectivity index (χ2n) is 5.48. The van der Waals surface area contributed by atoms with Crippen LogP contribution in [0.25, 0.3) is 0 Å². The summed E-state index contributed by atoms with van der Waals surface area (Å²) < 4.78 is 5.20. The molecule has 1 aliphatic heterocycles. The van der Waals surface area contributed by atoms with Crippen LogP contribution in [0.2, 0.25) is 0 Å². The van der Waals surface area contributed by atoms with E-state index in [-0.39, 0.29) is 5.75 Å². The summed E-state index contributed by atoms with van der Waals surface area (Å²) in [4.78, 5) is 2.36. The largest absolute Gasteiger partial charge is 0.504 e. The zero-order chi connectivity index (χ0) is 14.7. The van der Waals surface area contributed by atoms with Crippen molar-refractivity contribution in [3.8, 4) is 11.5 Å². The molecular formula is C18H21NO2. The van der Waals surface area contributed by atoms with Crippen molar-refractivity contribution >= 4 is 5.69 Å². The Morgan fingerprint density at radius 3 is 2.81 bits per heavy atom. The fraction of sp³-hybridized carbons (Fsp3) is 0.333. The first-order valence-corrected chi connectivity index (χ1v) is 7.47. The number of benzene rings is 2. The van der Waals surface area contributed by atoms with Gasteiger partial charge < -0.3 is 14.7 Å². The Morgan fingerprint density at radius 2 is 1.95 bits per heavy atom. The number of aromatic hydroxyl groups is 1. The number of ether oxygens (including phenoxy) is 1. The number of hydrogen-bond acceptors (Lipinski definition) is 3. The van der Waals surface area contributed by atoms with Crippen LogP contribution >= 0.6 is 0 Å². The maximum atomic E-state index is 10.3. The number of phenolic OH excluding ortho intramolecular Hbond substituents is 1. The van der Waals surface area contributed by atoms with Crippen LogP contribution < -0.4 is 9.64 Å². The number of anilines is 1. The Kier molecular flexibility index (Phi) is 4.00. The molecule has 0 spiro atoms. The highest BCUT2D eigenvalue weighted by Gasteiger charge is 2.17. The molecule has 0 aliphatic carbocycles. The van der Waals surface area contributed by atoms with E-state index in [1.54, 1.807) is 13.2 Å². The van der Waals surface area contributed by atoms with E-state index in [9.17, 15) is 5.11 Å². The van der Waals surface area contributed by atoms with E-state index in [1.165, 1.54) is 24.1 Å². The van der Waals surface area contributed by atoms with Gasteiger partial charge in [0.15, 0.2) is 11.5 Å². The molecule has 21 heavy (non-hydrogen) atoms. The van der Waals surface area contributed by atoms with Crippen LogP contribution in [0.4, 0.5) is 5.69 Å². The normalized spacial score (nSPS) is 14.4. The molecular weight excluding hydrogens is 262 g/mol. The van der Waals surface area contributed by atoms with Gasteiger partial charge in [-0.1, -0.05) is 30.3 Å². The molecule has 3 rings (SSSR count). The fourth-order valence-corrected chi connectivity index (χ4v) is 3.00. The summed E-state index contributed by atoms with van der Waals surface area (Å²) in [6.45, 7) is 1.73. The topological polar surface area (TPSA) is 32.7 Å². The molecule has 0 radical (unpaired) electrons. The first-order chi connectivity index (χ1) is 10.3. The zero-order valence-electron chi connectivity index (χ0n) is 12.4. The molecule has 3 heteroatoms. The molecule has 3 nitrogen and oxygen atoms in total. The van der Waals surface area contributed by atoms with Crippen molar-refractivity contribution in [2.24, 2.45) is 0 Å². The quantitative estimate of drug-likeness (QED) is 0.931. The number of aryl methyl sites for hydroxylation is 1. The summed E-state index contributed by atoms with van der Waals surface area (Å²) in [5, 5.41) is 10.3. The average Bonchev–Trinajstić information content (AvgIpc) is 2.72. The van der Waals surface area contributed by atoms with E-state index in [0.29, 0.717) is 12.3 Å². The molecule has 1 N–H and O–H groups in total. The Labute approximate surface area is 125 Å². The van der Waals surface area contributed by atoms with Crippen molar-refractivity contribution in [1.29, 1.82) is 0 Å². The predicted molar refractivity (Wildman–Crippen MR) is 85.1 cm³/mol. The van der Waals surface area contributed by atoms with Gasteiger partial charge in [0.1, 0.15) is 0 Å². The number of fused-ring (bicyclic) bond motifs is 1. The summed E-state index contributed by atoms with van der Waals surface area (Å²) in [5.74, 6) is 0.789. The molecule has 1 heterocycles. The number of rotatable bonds is 3. The monoisotopic (exact) mass is 283 g/mol. The Bertz CT molecular complexity index is 624. The first kappa shape index (κ1) is 13.8. The highest BCUT2D eigenvalue weighted by atomic mass is 16.5. The van der Waals surface area contributed by atoms with Crippen LogP contribution in [0.15, 0.2) is 42.5 Å². The third-order valence-electron chi connectivity index (χ3n) is 4.12. The Hall–Kier alpha value is -2.16. The van der Waals surface area contributed by atoms with Crippen molar-refractivity contribution in [2.45, 2.75) is 25.8 Å². The number of methoxy groups -OCH3 is 1. The Balaban J connectivity index is 1.91. The lowest BCUT2D eigenvalue weighted by Crippen LogP contribution is -2.23. The van der Waals surface area contributed by atoms with Gasteiger partial charge in [0.05, 0.1) is 7.11 Å². The van der Waals surface area contributed by atoms with Crippen molar-refractivity contribution in [1.82, 2.24) is 0 Å². The molecule has 0 saturated heterocycles. The zero-order valence-corrected chi connectivity index (χ0v) is 12.4. The average molecular weight is 283 g/mol. The lowest BCUT2D eigenvalue weighted by molar-refractivity contribution is 0.370. The summed E-state index contributed by atoms with van der Waals surface area (Å²) in [5.41, 5.74) is 3.60. The molecule has 2 aromatic rings. The van der Waals surface area contributed by atoms with E-state index in [4.69, 9.17) is 4.74 Å². The van der Waals surface area contributed by atoms with Crippen molar-refractivity contribution < 1.29 is 9.84 Å². The SMILES string of the molecule is COc1cccc(CN2CCCCc3ccccc32)c1O. The smallest absolute Gasteiger partial charge is 0.162 e. The van der Waals surface area contributed by atoms with Crippen LogP contribution in [0.1, 0.15) is 24.0 Å². The van der Waals surface area contributed by atoms with Crippen molar-refractivity contribution in [3.63, 3.8) is 0 Å². The van der Waals surface area contributed by atoms with Gasteiger partial charge in [0.2, 0.25) is 0 Å². The molecule has 0 unspecified atom stereocenters. The van der Waals surface area contributed by atoms with E-state index in [0.717, 1.165) is 18.5 Å². The van der Waals surface area contributed by atoms with Crippen LogP contribution in [-0.2, 0) is 13.0 Å². The van der Waals surface area contributed by atoms with Gasteiger partial charge in [-0.05, 0) is 37.0 Å². The fourth-order valence-electron chi connectivity index (χ4n) is 3.00. The van der Waals surface area contributed by atoms with Crippen molar-refractivity contribution in [2.75, 3.05) is 18.6 Å². The van der Waals surface area contributed by atoms with Gasteiger partial charge in [-0.3, -0.25) is 0 Å². The van der Waals surface area contributed by atoms with Gasteiger partial charge in [0.25, 0.3) is 0 Å². The summed E-state index contributed by atoms with van der Waals surface area (Å²) in [6, 6.07) is 14.3. The minimum Gasteiger partial charge on any atom is -0.504 e. The highest BCUT2D eigenvalue weighted by molar-refractivity contribution is 5.56. The molecule has 2 aromatic carbocycles. The lowest BCUT2D eigenvalue weighted by atomic mass is 10.1. The number of hydrogen-bond donors (Lipinski definition) is 1. The second-order valence-corrected chi connectivity index (χ2v) is 5.48. The van der Waals surface area contributed by atoms with Crippen LogP contribution in [0.3, 0.4) is 0 Å². The second kappa shape index (κ2) is 6.08. The lowest BCUT2D eigenvalue weighted by Gasteiger charge is -2.25. The van der Waals surface area contributed by atoms with Gasteiger partial charge >= 0.3 is 0 Å². The molecule has 110 valence electrons. The molecule has 1 aliphatic rings. The standard InChI is InChI=1S/C18H21NO2/c1-21-17-11-6-9-15(18(17)20)13-19-12-5-4-8-14-7-2-3-10-16(14)19/h2-3,6-7,9-11,20H,4-5,8,12-13H2,1H3. The van der Waals surface area contributed by atoms with E-state index >= 15 is 0 Å². The molecule has 0 atom stereocenters. The third kappa shape index (κ3) is 2.82. The van der Waals surface area contributed by atoms with Gasteiger partial charge in [-0.25, -0.2) is 0 Å². The third-order valence-corrected chi connectivity index (χ3v) is 4.12. The van der Waals surface area contributed by atoms with Crippen LogP contribution in [-0.4, -0.2) is 18.8 Å². The van der Waals surface area contributed by atoms with Gasteiger partial charge in [-0.2, -0.15) is 0 Å². The maximum Gasteiger partial charge on any atom is 0.162 e. The summed E-state index contributed by atoms with van der Waals surface area (Å²) >= 11 is 0. The number of nitrogens with zero attached hydrogens (tertiary/aromatic N) is 1. The predicted octanol–water partition coefficient (Wildman–Crippen LogP) is 3.74. The van der Waals surface area contributed by atoms with E-state index in [2.05, 4.69) is 29.2 Å². The summed E-state index contributed by atoms with van der Waals surface area (Å²) in [6.07, 6.45) is 3.54. The highest BCUT2D eigenvalue weighted by Crippen LogP contribution is 2.33. The minimum atomic E-state index is 0.252. The number of phenols is 1. The van der Waals surface area contributed by atoms with Crippen LogP contribution in [0.5, 0.6) is 11.5 Å².